The lowest BCUT2D eigenvalue weighted by Crippen LogP contribution is -2.26. The van der Waals surface area contributed by atoms with Crippen molar-refractivity contribution in [3.63, 3.8) is 0 Å². The quantitative estimate of drug-likeness (QED) is 0.692. The highest BCUT2D eigenvalue weighted by molar-refractivity contribution is 8.06. The van der Waals surface area contributed by atoms with Gasteiger partial charge < -0.3 is 23.4 Å². The first kappa shape index (κ1) is 19.7. The van der Waals surface area contributed by atoms with Gasteiger partial charge in [-0.3, -0.25) is 4.57 Å². The standard InChI is InChI=1S/C10H24O6P2S/c1-9(2,3)16-17(6,11)14-7-10(4,5)8-15-18(12,13)19/h7-8H2,1-6H3,(H2,12,13,19). The van der Waals surface area contributed by atoms with Crippen molar-refractivity contribution in [2.45, 2.75) is 40.2 Å². The van der Waals surface area contributed by atoms with E-state index in [0.29, 0.717) is 0 Å². The zero-order valence-electron chi connectivity index (χ0n) is 12.2. The third-order valence-electron chi connectivity index (χ3n) is 1.75. The summed E-state index contributed by atoms with van der Waals surface area (Å²) in [5.74, 6) is 0. The van der Waals surface area contributed by atoms with Gasteiger partial charge in [0.25, 0.3) is 0 Å². The summed E-state index contributed by atoms with van der Waals surface area (Å²) >= 11 is 4.36. The normalized spacial score (nSPS) is 17.3. The molecule has 116 valence electrons. The molecule has 6 nitrogen and oxygen atoms in total. The Labute approximate surface area is 120 Å². The van der Waals surface area contributed by atoms with Crippen molar-refractivity contribution in [1.82, 2.24) is 0 Å². The monoisotopic (exact) mass is 334 g/mol. The van der Waals surface area contributed by atoms with Crippen LogP contribution in [-0.4, -0.2) is 35.3 Å². The molecule has 0 radical (unpaired) electrons. The summed E-state index contributed by atoms with van der Waals surface area (Å²) in [5, 5.41) is 0. The SMILES string of the molecule is CC(C)(COP(C)(=O)OC(C)(C)C)COP(O)(O)=S. The molecule has 9 heteroatoms. The minimum Gasteiger partial charge on any atom is -0.325 e. The molecule has 0 aromatic carbocycles. The summed E-state index contributed by atoms with van der Waals surface area (Å²) < 4.78 is 27.5. The molecular weight excluding hydrogens is 310 g/mol. The van der Waals surface area contributed by atoms with Crippen LogP contribution in [-0.2, 0) is 29.9 Å². The fourth-order valence-corrected chi connectivity index (χ4v) is 3.42. The second-order valence-corrected chi connectivity index (χ2v) is 10.8. The second-order valence-electron chi connectivity index (χ2n) is 6.18. The van der Waals surface area contributed by atoms with Crippen molar-refractivity contribution in [1.29, 1.82) is 0 Å². The average Bonchev–Trinajstić information content (AvgIpc) is 2.08. The van der Waals surface area contributed by atoms with Gasteiger partial charge in [-0.05, 0) is 32.6 Å². The van der Waals surface area contributed by atoms with Gasteiger partial charge in [-0.2, -0.15) is 0 Å². The smallest absolute Gasteiger partial charge is 0.325 e. The average molecular weight is 334 g/mol. The third-order valence-corrected chi connectivity index (χ3v) is 4.01. The van der Waals surface area contributed by atoms with E-state index in [9.17, 15) is 4.57 Å². The maximum atomic E-state index is 12.1. The van der Waals surface area contributed by atoms with Gasteiger partial charge in [-0.25, -0.2) is 0 Å². The molecule has 0 aliphatic carbocycles. The molecule has 0 aromatic heterocycles. The zero-order valence-corrected chi connectivity index (χ0v) is 14.8. The highest BCUT2D eigenvalue weighted by atomic mass is 32.5. The Kier molecular flexibility index (Phi) is 6.87. The Bertz CT molecular complexity index is 384. The molecule has 0 aliphatic heterocycles. The Morgan fingerprint density at radius 1 is 1.05 bits per heavy atom. The third kappa shape index (κ3) is 12.2. The van der Waals surface area contributed by atoms with Gasteiger partial charge in [-0.15, -0.1) is 0 Å². The van der Waals surface area contributed by atoms with Crippen molar-refractivity contribution >= 4 is 26.1 Å². The topological polar surface area (TPSA) is 85.2 Å². The molecule has 0 heterocycles. The Morgan fingerprint density at radius 2 is 1.47 bits per heavy atom. The van der Waals surface area contributed by atoms with E-state index in [4.69, 9.17) is 23.4 Å². The van der Waals surface area contributed by atoms with E-state index in [0.717, 1.165) is 0 Å². The van der Waals surface area contributed by atoms with Gasteiger partial charge in [0, 0.05) is 12.1 Å². The first-order valence-corrected chi connectivity index (χ1v) is 10.4. The van der Waals surface area contributed by atoms with Crippen LogP contribution >= 0.6 is 14.3 Å². The van der Waals surface area contributed by atoms with E-state index in [2.05, 4.69) is 11.8 Å². The first-order valence-electron chi connectivity index (χ1n) is 5.75. The van der Waals surface area contributed by atoms with Crippen LogP contribution in [0.3, 0.4) is 0 Å². The van der Waals surface area contributed by atoms with E-state index in [-0.39, 0.29) is 13.2 Å². The van der Waals surface area contributed by atoms with Crippen molar-refractivity contribution in [2.75, 3.05) is 19.9 Å². The Morgan fingerprint density at radius 3 is 1.84 bits per heavy atom. The van der Waals surface area contributed by atoms with Crippen molar-refractivity contribution in [2.24, 2.45) is 5.41 Å². The summed E-state index contributed by atoms with van der Waals surface area (Å²) in [7, 11) is -3.17. The van der Waals surface area contributed by atoms with Crippen LogP contribution in [0.25, 0.3) is 0 Å². The first-order chi connectivity index (χ1) is 8.12. The van der Waals surface area contributed by atoms with Gasteiger partial charge in [0.15, 0.2) is 0 Å². The Balaban J connectivity index is 4.38. The molecule has 0 saturated carbocycles. The zero-order chi connectivity index (χ0) is 15.5. The molecule has 19 heavy (non-hydrogen) atoms. The number of rotatable bonds is 7. The van der Waals surface area contributed by atoms with E-state index in [1.54, 1.807) is 34.6 Å². The van der Waals surface area contributed by atoms with Gasteiger partial charge >= 0.3 is 14.3 Å². The summed E-state index contributed by atoms with van der Waals surface area (Å²) in [4.78, 5) is 18.0. The molecule has 0 aromatic rings. The predicted molar refractivity (Wildman–Crippen MR) is 78.8 cm³/mol. The predicted octanol–water partition coefficient (Wildman–Crippen LogP) is 2.89. The maximum Gasteiger partial charge on any atom is 0.328 e. The highest BCUT2D eigenvalue weighted by Crippen LogP contribution is 2.49. The Hall–Kier alpha value is 0.680. The van der Waals surface area contributed by atoms with Crippen LogP contribution in [0.1, 0.15) is 34.6 Å². The van der Waals surface area contributed by atoms with Crippen LogP contribution in [0.2, 0.25) is 0 Å². The van der Waals surface area contributed by atoms with E-state index in [1.165, 1.54) is 6.66 Å². The minimum atomic E-state index is -3.68. The largest absolute Gasteiger partial charge is 0.328 e. The molecule has 0 saturated heterocycles. The molecule has 0 aliphatic rings. The molecule has 0 amide bonds. The molecule has 1 unspecified atom stereocenters. The summed E-state index contributed by atoms with van der Waals surface area (Å²) in [6, 6.07) is 0. The van der Waals surface area contributed by atoms with Gasteiger partial charge in [0.05, 0.1) is 18.8 Å². The molecular formula is C10H24O6P2S. The lowest BCUT2D eigenvalue weighted by Gasteiger charge is -2.29. The van der Waals surface area contributed by atoms with E-state index in [1.807, 2.05) is 0 Å². The van der Waals surface area contributed by atoms with Crippen molar-refractivity contribution in [3.05, 3.63) is 0 Å². The van der Waals surface area contributed by atoms with Crippen LogP contribution in [0.5, 0.6) is 0 Å². The molecule has 0 spiro atoms. The van der Waals surface area contributed by atoms with Gasteiger partial charge in [0.2, 0.25) is 0 Å². The van der Waals surface area contributed by atoms with E-state index < -0.39 is 25.3 Å². The number of hydrogen-bond acceptors (Lipinski definition) is 5. The van der Waals surface area contributed by atoms with Crippen LogP contribution < -0.4 is 0 Å². The highest BCUT2D eigenvalue weighted by Gasteiger charge is 2.30. The fraction of sp³-hybridized carbons (Fsp3) is 1.00. The van der Waals surface area contributed by atoms with Crippen LogP contribution in [0.4, 0.5) is 0 Å². The van der Waals surface area contributed by atoms with Crippen LogP contribution in [0.15, 0.2) is 0 Å². The minimum absolute atomic E-state index is 0.00715. The molecule has 0 fully saturated rings. The summed E-state index contributed by atoms with van der Waals surface area (Å²) in [5.41, 5.74) is -1.13. The van der Waals surface area contributed by atoms with E-state index >= 15 is 0 Å². The lowest BCUT2D eigenvalue weighted by atomic mass is 9.97. The van der Waals surface area contributed by atoms with Gasteiger partial charge in [-0.1, -0.05) is 13.8 Å². The van der Waals surface area contributed by atoms with Crippen molar-refractivity contribution in [3.8, 4) is 0 Å². The number of hydrogen-bond donors (Lipinski definition) is 2. The molecule has 0 rings (SSSR count). The molecule has 0 bridgehead atoms. The fourth-order valence-electron chi connectivity index (χ4n) is 1.12. The molecule has 2 N–H and O–H groups in total. The summed E-state index contributed by atoms with van der Waals surface area (Å²) in [6.07, 6.45) is 0. The summed E-state index contributed by atoms with van der Waals surface area (Å²) in [6.45, 7) is 6.70. The van der Waals surface area contributed by atoms with Crippen LogP contribution in [0, 0.1) is 5.41 Å². The second kappa shape index (κ2) is 6.63. The molecule has 1 atom stereocenters. The van der Waals surface area contributed by atoms with Gasteiger partial charge in [0.1, 0.15) is 0 Å². The lowest BCUT2D eigenvalue weighted by molar-refractivity contribution is 0.0605. The maximum absolute atomic E-state index is 12.1. The van der Waals surface area contributed by atoms with Crippen molar-refractivity contribution < 1.29 is 27.9 Å².